The van der Waals surface area contributed by atoms with E-state index in [1.54, 1.807) is 0 Å². The molecule has 0 aromatic heterocycles. The molecular formula is C18H36N2O. The van der Waals surface area contributed by atoms with Crippen LogP contribution in [0.1, 0.15) is 72.1 Å². The summed E-state index contributed by atoms with van der Waals surface area (Å²) in [5.74, 6) is 0. The zero-order chi connectivity index (χ0) is 15.3. The van der Waals surface area contributed by atoms with Gasteiger partial charge in [-0.1, -0.05) is 19.3 Å². The third-order valence-electron chi connectivity index (χ3n) is 5.41. The van der Waals surface area contributed by atoms with E-state index in [4.69, 9.17) is 0 Å². The molecule has 1 heterocycles. The van der Waals surface area contributed by atoms with Gasteiger partial charge in [0.15, 0.2) is 0 Å². The third-order valence-corrected chi connectivity index (χ3v) is 5.41. The summed E-state index contributed by atoms with van der Waals surface area (Å²) >= 11 is 0. The van der Waals surface area contributed by atoms with Crippen molar-refractivity contribution in [2.45, 2.75) is 83.7 Å². The zero-order valence-electron chi connectivity index (χ0n) is 14.5. The van der Waals surface area contributed by atoms with Crippen LogP contribution in [-0.4, -0.2) is 47.8 Å². The highest BCUT2D eigenvalue weighted by Gasteiger charge is 2.38. The minimum Gasteiger partial charge on any atom is -0.396 e. The summed E-state index contributed by atoms with van der Waals surface area (Å²) < 4.78 is 0. The molecular weight excluding hydrogens is 260 g/mol. The molecule has 1 aliphatic heterocycles. The molecule has 1 saturated carbocycles. The minimum absolute atomic E-state index is 0.210. The highest BCUT2D eigenvalue weighted by Crippen LogP contribution is 2.40. The van der Waals surface area contributed by atoms with Gasteiger partial charge in [-0.15, -0.1) is 0 Å². The van der Waals surface area contributed by atoms with Crippen molar-refractivity contribution in [3.8, 4) is 0 Å². The van der Waals surface area contributed by atoms with E-state index in [2.05, 4.69) is 31.0 Å². The summed E-state index contributed by atoms with van der Waals surface area (Å²) in [6.45, 7) is 10.8. The van der Waals surface area contributed by atoms with Crippen LogP contribution >= 0.6 is 0 Å². The van der Waals surface area contributed by atoms with Gasteiger partial charge in [0.05, 0.1) is 0 Å². The predicted octanol–water partition coefficient (Wildman–Crippen LogP) is 3.17. The SMILES string of the molecule is CC(C)(C)NCC1(CN2CCCCC2CCO)CCCC1. The second-order valence-electron chi connectivity index (χ2n) is 8.44. The van der Waals surface area contributed by atoms with E-state index < -0.39 is 0 Å². The molecule has 0 bridgehead atoms. The average Bonchev–Trinajstić information content (AvgIpc) is 2.88. The molecule has 0 amide bonds. The Hall–Kier alpha value is -0.120. The second kappa shape index (κ2) is 7.43. The molecule has 2 fully saturated rings. The van der Waals surface area contributed by atoms with Gasteiger partial charge in [0.2, 0.25) is 0 Å². The van der Waals surface area contributed by atoms with E-state index in [1.165, 1.54) is 58.0 Å². The predicted molar refractivity (Wildman–Crippen MR) is 89.6 cm³/mol. The van der Waals surface area contributed by atoms with Crippen LogP contribution in [0.15, 0.2) is 0 Å². The number of hydrogen-bond acceptors (Lipinski definition) is 3. The number of nitrogens with one attached hydrogen (secondary N) is 1. The maximum absolute atomic E-state index is 9.33. The first-order chi connectivity index (χ1) is 9.94. The maximum atomic E-state index is 9.33. The van der Waals surface area contributed by atoms with Crippen LogP contribution in [0.3, 0.4) is 0 Å². The monoisotopic (exact) mass is 296 g/mol. The Kier molecular flexibility index (Phi) is 6.10. The third kappa shape index (κ3) is 5.22. The quantitative estimate of drug-likeness (QED) is 0.790. The first kappa shape index (κ1) is 17.2. The molecule has 1 aliphatic carbocycles. The molecule has 1 atom stereocenters. The van der Waals surface area contributed by atoms with Crippen LogP contribution in [0.4, 0.5) is 0 Å². The Labute approximate surface area is 131 Å². The molecule has 1 unspecified atom stereocenters. The Morgan fingerprint density at radius 3 is 2.48 bits per heavy atom. The number of piperidine rings is 1. The van der Waals surface area contributed by atoms with Crippen molar-refractivity contribution < 1.29 is 5.11 Å². The van der Waals surface area contributed by atoms with E-state index in [0.29, 0.717) is 18.1 Å². The summed E-state index contributed by atoms with van der Waals surface area (Å²) in [5, 5.41) is 13.1. The van der Waals surface area contributed by atoms with E-state index in [9.17, 15) is 5.11 Å². The fourth-order valence-electron chi connectivity index (χ4n) is 4.14. The number of likely N-dealkylation sites (tertiary alicyclic amines) is 1. The van der Waals surface area contributed by atoms with Gasteiger partial charge in [-0.25, -0.2) is 0 Å². The standard InChI is InChI=1S/C18H36N2O/c1-17(2,3)19-14-18(10-5-6-11-18)15-20-12-7-4-8-16(20)9-13-21/h16,19,21H,4-15H2,1-3H3. The van der Waals surface area contributed by atoms with Gasteiger partial charge < -0.3 is 10.4 Å². The van der Waals surface area contributed by atoms with Crippen molar-refractivity contribution in [3.05, 3.63) is 0 Å². The van der Waals surface area contributed by atoms with E-state index in [1.807, 2.05) is 0 Å². The first-order valence-electron chi connectivity index (χ1n) is 9.04. The average molecular weight is 296 g/mol. The Bertz CT molecular complexity index is 303. The lowest BCUT2D eigenvalue weighted by molar-refractivity contribution is 0.0639. The van der Waals surface area contributed by atoms with Gasteiger partial charge in [-0.2, -0.15) is 0 Å². The number of aliphatic hydroxyl groups excluding tert-OH is 1. The molecule has 21 heavy (non-hydrogen) atoms. The molecule has 2 N–H and O–H groups in total. The highest BCUT2D eigenvalue weighted by molar-refractivity contribution is 4.93. The summed E-state index contributed by atoms with van der Waals surface area (Å²) in [5.41, 5.74) is 0.681. The van der Waals surface area contributed by atoms with E-state index in [0.717, 1.165) is 13.0 Å². The lowest BCUT2D eigenvalue weighted by Gasteiger charge is -2.43. The maximum Gasteiger partial charge on any atom is 0.0445 e. The molecule has 0 aromatic carbocycles. The van der Waals surface area contributed by atoms with Crippen molar-refractivity contribution in [1.82, 2.24) is 10.2 Å². The van der Waals surface area contributed by atoms with Crippen molar-refractivity contribution in [3.63, 3.8) is 0 Å². The molecule has 3 heteroatoms. The first-order valence-corrected chi connectivity index (χ1v) is 9.04. The Morgan fingerprint density at radius 2 is 1.86 bits per heavy atom. The smallest absolute Gasteiger partial charge is 0.0445 e. The van der Waals surface area contributed by atoms with Crippen LogP contribution in [0.25, 0.3) is 0 Å². The molecule has 1 saturated heterocycles. The lowest BCUT2D eigenvalue weighted by Crippen LogP contribution is -2.51. The van der Waals surface area contributed by atoms with Gasteiger partial charge in [-0.05, 0) is 64.8 Å². The summed E-state index contributed by atoms with van der Waals surface area (Å²) in [4.78, 5) is 2.70. The topological polar surface area (TPSA) is 35.5 Å². The van der Waals surface area contributed by atoms with Crippen molar-refractivity contribution in [1.29, 1.82) is 0 Å². The lowest BCUT2D eigenvalue weighted by atomic mass is 9.83. The van der Waals surface area contributed by atoms with Gasteiger partial charge >= 0.3 is 0 Å². The summed E-state index contributed by atoms with van der Waals surface area (Å²) in [6.07, 6.45) is 10.5. The van der Waals surface area contributed by atoms with Gasteiger partial charge in [-0.3, -0.25) is 4.90 Å². The summed E-state index contributed by atoms with van der Waals surface area (Å²) in [6, 6.07) is 0.621. The molecule has 2 aliphatic rings. The minimum atomic E-state index is 0.210. The van der Waals surface area contributed by atoms with E-state index in [-0.39, 0.29) is 5.54 Å². The molecule has 2 rings (SSSR count). The molecule has 0 radical (unpaired) electrons. The Balaban J connectivity index is 1.97. The number of nitrogens with zero attached hydrogens (tertiary/aromatic N) is 1. The van der Waals surface area contributed by atoms with Gasteiger partial charge in [0.1, 0.15) is 0 Å². The molecule has 3 nitrogen and oxygen atoms in total. The van der Waals surface area contributed by atoms with Crippen molar-refractivity contribution in [2.24, 2.45) is 5.41 Å². The second-order valence-corrected chi connectivity index (χ2v) is 8.44. The normalized spacial score (nSPS) is 27.1. The van der Waals surface area contributed by atoms with Crippen LogP contribution in [0.5, 0.6) is 0 Å². The molecule has 0 aromatic rings. The summed E-state index contributed by atoms with van der Waals surface area (Å²) in [7, 11) is 0. The van der Waals surface area contributed by atoms with Crippen LogP contribution in [0, 0.1) is 5.41 Å². The number of rotatable bonds is 6. The molecule has 124 valence electrons. The largest absolute Gasteiger partial charge is 0.396 e. The molecule has 0 spiro atoms. The van der Waals surface area contributed by atoms with Crippen molar-refractivity contribution in [2.75, 3.05) is 26.2 Å². The fourth-order valence-corrected chi connectivity index (χ4v) is 4.14. The Morgan fingerprint density at radius 1 is 1.14 bits per heavy atom. The van der Waals surface area contributed by atoms with Gasteiger partial charge in [0, 0.05) is 31.3 Å². The van der Waals surface area contributed by atoms with Crippen LogP contribution in [0.2, 0.25) is 0 Å². The fraction of sp³-hybridized carbons (Fsp3) is 1.00. The number of hydrogen-bond donors (Lipinski definition) is 2. The van der Waals surface area contributed by atoms with Crippen LogP contribution in [-0.2, 0) is 0 Å². The number of aliphatic hydroxyl groups is 1. The van der Waals surface area contributed by atoms with Crippen LogP contribution < -0.4 is 5.32 Å². The highest BCUT2D eigenvalue weighted by atomic mass is 16.3. The van der Waals surface area contributed by atoms with Gasteiger partial charge in [0.25, 0.3) is 0 Å². The zero-order valence-corrected chi connectivity index (χ0v) is 14.5. The van der Waals surface area contributed by atoms with E-state index >= 15 is 0 Å². The van der Waals surface area contributed by atoms with Crippen molar-refractivity contribution >= 4 is 0 Å².